The molecule has 0 aliphatic heterocycles. The summed E-state index contributed by atoms with van der Waals surface area (Å²) in [5.41, 5.74) is 1.66. The van der Waals surface area contributed by atoms with Crippen LogP contribution in [0.4, 0.5) is 5.69 Å². The van der Waals surface area contributed by atoms with Crippen molar-refractivity contribution in [1.29, 1.82) is 0 Å². The van der Waals surface area contributed by atoms with Gasteiger partial charge < -0.3 is 14.4 Å². The first-order chi connectivity index (χ1) is 8.04. The maximum Gasteiger partial charge on any atom is 0.419 e. The van der Waals surface area contributed by atoms with E-state index in [0.29, 0.717) is 16.8 Å². The van der Waals surface area contributed by atoms with Gasteiger partial charge in [0.05, 0.1) is 5.52 Å². The van der Waals surface area contributed by atoms with Gasteiger partial charge in [-0.3, -0.25) is 9.36 Å². The van der Waals surface area contributed by atoms with Crippen LogP contribution in [0.1, 0.15) is 0 Å². The van der Waals surface area contributed by atoms with E-state index >= 15 is 0 Å². The normalized spacial score (nSPS) is 10.8. The van der Waals surface area contributed by atoms with E-state index in [1.54, 1.807) is 32.3 Å². The van der Waals surface area contributed by atoms with E-state index in [4.69, 9.17) is 9.52 Å². The van der Waals surface area contributed by atoms with Crippen molar-refractivity contribution in [1.82, 2.24) is 4.57 Å². The first-order valence-electron chi connectivity index (χ1n) is 5.01. The molecular weight excluding hydrogens is 224 g/mol. The molecule has 1 N–H and O–H groups in total. The number of fused-ring (bicyclic) bond motifs is 1. The number of aliphatic hydroxyl groups is 1. The van der Waals surface area contributed by atoms with Crippen LogP contribution < -0.4 is 10.7 Å². The third kappa shape index (κ3) is 1.83. The number of hydrogen-bond acceptors (Lipinski definition) is 4. The Labute approximate surface area is 96.7 Å². The van der Waals surface area contributed by atoms with Crippen LogP contribution in [0.15, 0.2) is 27.4 Å². The fourth-order valence-corrected chi connectivity index (χ4v) is 1.57. The van der Waals surface area contributed by atoms with Crippen molar-refractivity contribution in [3.63, 3.8) is 0 Å². The summed E-state index contributed by atoms with van der Waals surface area (Å²) in [6, 6.07) is 4.93. The Kier molecular flexibility index (Phi) is 2.72. The van der Waals surface area contributed by atoms with Gasteiger partial charge in [0.15, 0.2) is 5.58 Å². The molecule has 2 rings (SSSR count). The minimum atomic E-state index is -0.557. The molecule has 0 aliphatic rings. The molecule has 1 aromatic heterocycles. The molecule has 0 spiro atoms. The molecule has 1 aromatic carbocycles. The maximum absolute atomic E-state index is 11.3. The van der Waals surface area contributed by atoms with Crippen LogP contribution in [0.2, 0.25) is 0 Å². The number of aryl methyl sites for hydroxylation is 1. The number of carbonyl (C=O) groups excluding carboxylic acids is 1. The lowest BCUT2D eigenvalue weighted by atomic mass is 10.2. The van der Waals surface area contributed by atoms with Gasteiger partial charge in [-0.15, -0.1) is 0 Å². The molecule has 0 saturated carbocycles. The van der Waals surface area contributed by atoms with Crippen LogP contribution in [0.25, 0.3) is 11.1 Å². The SMILES string of the molecule is CN(C(=O)CO)c1ccc2oc(=O)n(C)c2c1. The second kappa shape index (κ2) is 4.06. The summed E-state index contributed by atoms with van der Waals surface area (Å²) >= 11 is 0. The fourth-order valence-electron chi connectivity index (χ4n) is 1.57. The minimum absolute atomic E-state index is 0.419. The zero-order chi connectivity index (χ0) is 12.6. The van der Waals surface area contributed by atoms with Gasteiger partial charge in [0.2, 0.25) is 0 Å². The van der Waals surface area contributed by atoms with Gasteiger partial charge in [0.25, 0.3) is 5.91 Å². The molecular formula is C11H12N2O4. The summed E-state index contributed by atoms with van der Waals surface area (Å²) in [5, 5.41) is 8.77. The monoisotopic (exact) mass is 236 g/mol. The molecule has 0 radical (unpaired) electrons. The summed E-state index contributed by atoms with van der Waals surface area (Å²) < 4.78 is 6.33. The quantitative estimate of drug-likeness (QED) is 0.801. The largest absolute Gasteiger partial charge is 0.419 e. The van der Waals surface area contributed by atoms with Crippen LogP contribution >= 0.6 is 0 Å². The molecule has 0 unspecified atom stereocenters. The summed E-state index contributed by atoms with van der Waals surface area (Å²) in [7, 11) is 3.14. The third-order valence-corrected chi connectivity index (χ3v) is 2.67. The zero-order valence-electron chi connectivity index (χ0n) is 9.51. The second-order valence-corrected chi connectivity index (χ2v) is 3.69. The van der Waals surface area contributed by atoms with Crippen molar-refractivity contribution >= 4 is 22.7 Å². The van der Waals surface area contributed by atoms with Crippen LogP contribution in [-0.2, 0) is 11.8 Å². The van der Waals surface area contributed by atoms with E-state index in [0.717, 1.165) is 0 Å². The van der Waals surface area contributed by atoms with E-state index in [2.05, 4.69) is 0 Å². The minimum Gasteiger partial charge on any atom is -0.408 e. The number of likely N-dealkylation sites (N-methyl/N-ethyl adjacent to an activating group) is 1. The molecule has 1 amide bonds. The van der Waals surface area contributed by atoms with Gasteiger partial charge in [0, 0.05) is 19.8 Å². The van der Waals surface area contributed by atoms with E-state index in [-0.39, 0.29) is 0 Å². The predicted octanol–water partition coefficient (Wildman–Crippen LogP) is 0.0866. The molecule has 1 heterocycles. The summed E-state index contributed by atoms with van der Waals surface area (Å²) in [6.45, 7) is -0.557. The Balaban J connectivity index is 2.54. The standard InChI is InChI=1S/C11H12N2O4/c1-12(10(15)6-14)7-3-4-9-8(5-7)13(2)11(16)17-9/h3-5,14H,6H2,1-2H3. The number of oxazole rings is 1. The number of carbonyl (C=O) groups is 1. The number of rotatable bonds is 2. The van der Waals surface area contributed by atoms with Gasteiger partial charge >= 0.3 is 5.76 Å². The molecule has 6 heteroatoms. The van der Waals surface area contributed by atoms with E-state index in [9.17, 15) is 9.59 Å². The van der Waals surface area contributed by atoms with Crippen molar-refractivity contribution in [3.8, 4) is 0 Å². The number of nitrogens with zero attached hydrogens (tertiary/aromatic N) is 2. The highest BCUT2D eigenvalue weighted by Gasteiger charge is 2.12. The Hall–Kier alpha value is -2.08. The first kappa shape index (κ1) is 11.4. The van der Waals surface area contributed by atoms with Crippen LogP contribution in [-0.4, -0.2) is 29.2 Å². The first-order valence-corrected chi connectivity index (χ1v) is 5.01. The fraction of sp³-hybridized carbons (Fsp3) is 0.273. The van der Waals surface area contributed by atoms with Gasteiger partial charge in [-0.1, -0.05) is 0 Å². The topological polar surface area (TPSA) is 75.7 Å². The van der Waals surface area contributed by atoms with E-state index in [1.807, 2.05) is 0 Å². The average Bonchev–Trinajstić information content (AvgIpc) is 2.63. The number of aromatic nitrogens is 1. The molecule has 2 aromatic rings. The summed E-state index contributed by atoms with van der Waals surface area (Å²) in [5.74, 6) is -0.869. The molecule has 0 saturated heterocycles. The number of anilines is 1. The van der Waals surface area contributed by atoms with Crippen molar-refractivity contribution < 1.29 is 14.3 Å². The number of amides is 1. The molecule has 0 fully saturated rings. The smallest absolute Gasteiger partial charge is 0.408 e. The molecule has 17 heavy (non-hydrogen) atoms. The number of hydrogen-bond donors (Lipinski definition) is 1. The van der Waals surface area contributed by atoms with Crippen LogP contribution in [0.5, 0.6) is 0 Å². The molecule has 6 nitrogen and oxygen atoms in total. The average molecular weight is 236 g/mol. The summed E-state index contributed by atoms with van der Waals surface area (Å²) in [4.78, 5) is 23.9. The Morgan fingerprint density at radius 2 is 2.24 bits per heavy atom. The van der Waals surface area contributed by atoms with Crippen molar-refractivity contribution in [2.45, 2.75) is 0 Å². The highest BCUT2D eigenvalue weighted by atomic mass is 16.4. The molecule has 0 bridgehead atoms. The van der Waals surface area contributed by atoms with Crippen LogP contribution in [0.3, 0.4) is 0 Å². The maximum atomic E-state index is 11.3. The van der Waals surface area contributed by atoms with E-state index in [1.165, 1.54) is 9.47 Å². The van der Waals surface area contributed by atoms with Gasteiger partial charge in [-0.2, -0.15) is 0 Å². The second-order valence-electron chi connectivity index (χ2n) is 3.69. The molecule has 0 aliphatic carbocycles. The van der Waals surface area contributed by atoms with Crippen molar-refractivity contribution in [2.24, 2.45) is 7.05 Å². The van der Waals surface area contributed by atoms with E-state index < -0.39 is 18.3 Å². The highest BCUT2D eigenvalue weighted by molar-refractivity contribution is 5.95. The van der Waals surface area contributed by atoms with Gasteiger partial charge in [0.1, 0.15) is 6.61 Å². The van der Waals surface area contributed by atoms with Gasteiger partial charge in [-0.05, 0) is 18.2 Å². The highest BCUT2D eigenvalue weighted by Crippen LogP contribution is 2.20. The summed E-state index contributed by atoms with van der Waals surface area (Å²) in [6.07, 6.45) is 0. The zero-order valence-corrected chi connectivity index (χ0v) is 9.51. The van der Waals surface area contributed by atoms with Gasteiger partial charge in [-0.25, -0.2) is 4.79 Å². The van der Waals surface area contributed by atoms with Crippen molar-refractivity contribution in [2.75, 3.05) is 18.6 Å². The lowest BCUT2D eigenvalue weighted by Crippen LogP contribution is -2.28. The Morgan fingerprint density at radius 3 is 2.88 bits per heavy atom. The van der Waals surface area contributed by atoms with Crippen LogP contribution in [0, 0.1) is 0 Å². The lowest BCUT2D eigenvalue weighted by molar-refractivity contribution is -0.120. The number of benzene rings is 1. The number of aliphatic hydroxyl groups excluding tert-OH is 1. The van der Waals surface area contributed by atoms with Crippen molar-refractivity contribution in [3.05, 3.63) is 28.7 Å². The molecule has 0 atom stereocenters. The molecule has 90 valence electrons. The predicted molar refractivity (Wildman–Crippen MR) is 62.0 cm³/mol. The lowest BCUT2D eigenvalue weighted by Gasteiger charge is -2.15. The Morgan fingerprint density at radius 1 is 1.53 bits per heavy atom. The third-order valence-electron chi connectivity index (χ3n) is 2.67. The Bertz CT molecular complexity index is 626.